The van der Waals surface area contributed by atoms with Crippen molar-refractivity contribution in [2.45, 2.75) is 6.54 Å². The Hall–Kier alpha value is -1.91. The van der Waals surface area contributed by atoms with Gasteiger partial charge in [0.15, 0.2) is 11.5 Å². The third-order valence-electron chi connectivity index (χ3n) is 3.38. The summed E-state index contributed by atoms with van der Waals surface area (Å²) in [5.41, 5.74) is 1.25. The van der Waals surface area contributed by atoms with Crippen LogP contribution in [0.4, 0.5) is 0 Å². The van der Waals surface area contributed by atoms with Gasteiger partial charge in [-0.05, 0) is 29.8 Å². The minimum atomic E-state index is -0.228. The van der Waals surface area contributed by atoms with Crippen LogP contribution in [0.15, 0.2) is 36.4 Å². The first kappa shape index (κ1) is 15.0. The lowest BCUT2D eigenvalue weighted by Crippen LogP contribution is -2.26. The maximum atomic E-state index is 12.5. The Morgan fingerprint density at radius 1 is 1.14 bits per heavy atom. The van der Waals surface area contributed by atoms with Gasteiger partial charge in [-0.25, -0.2) is 0 Å². The molecule has 0 unspecified atom stereocenters. The molecule has 4 nitrogen and oxygen atoms in total. The van der Waals surface area contributed by atoms with Crippen LogP contribution in [0.1, 0.15) is 15.9 Å². The van der Waals surface area contributed by atoms with Crippen molar-refractivity contribution in [2.24, 2.45) is 0 Å². The first-order valence-electron chi connectivity index (χ1n) is 6.64. The molecule has 114 valence electrons. The average Bonchev–Trinajstić information content (AvgIpc) is 2.94. The van der Waals surface area contributed by atoms with Crippen LogP contribution >= 0.6 is 23.2 Å². The van der Waals surface area contributed by atoms with E-state index < -0.39 is 0 Å². The zero-order valence-electron chi connectivity index (χ0n) is 11.8. The van der Waals surface area contributed by atoms with Crippen molar-refractivity contribution in [2.75, 3.05) is 13.8 Å². The fraction of sp³-hybridized carbons (Fsp3) is 0.188. The molecule has 0 aliphatic carbocycles. The Kier molecular flexibility index (Phi) is 4.14. The summed E-state index contributed by atoms with van der Waals surface area (Å²) in [6.07, 6.45) is 0. The molecular formula is C16H13Cl2NO3. The van der Waals surface area contributed by atoms with Gasteiger partial charge >= 0.3 is 0 Å². The first-order chi connectivity index (χ1) is 10.6. The summed E-state index contributed by atoms with van der Waals surface area (Å²) in [6.45, 7) is 0.639. The fourth-order valence-corrected chi connectivity index (χ4v) is 2.84. The topological polar surface area (TPSA) is 38.8 Å². The minimum Gasteiger partial charge on any atom is -0.454 e. The van der Waals surface area contributed by atoms with E-state index in [1.807, 2.05) is 18.2 Å². The van der Waals surface area contributed by atoms with Crippen molar-refractivity contribution in [1.29, 1.82) is 0 Å². The van der Waals surface area contributed by atoms with Gasteiger partial charge in [0.2, 0.25) is 6.79 Å². The molecule has 1 aliphatic rings. The van der Waals surface area contributed by atoms with E-state index in [9.17, 15) is 4.79 Å². The SMILES string of the molecule is CN(Cc1ccc2c(c1)OCO2)C(=O)c1c(Cl)cccc1Cl. The van der Waals surface area contributed by atoms with Crippen molar-refractivity contribution in [1.82, 2.24) is 4.90 Å². The van der Waals surface area contributed by atoms with Crippen molar-refractivity contribution < 1.29 is 14.3 Å². The Labute approximate surface area is 138 Å². The highest BCUT2D eigenvalue weighted by molar-refractivity contribution is 6.39. The molecule has 1 aliphatic heterocycles. The number of carbonyl (C=O) groups excluding carboxylic acids is 1. The van der Waals surface area contributed by atoms with Crippen LogP contribution in [-0.4, -0.2) is 24.6 Å². The van der Waals surface area contributed by atoms with Gasteiger partial charge in [0, 0.05) is 13.6 Å². The molecule has 2 aromatic rings. The molecule has 0 atom stereocenters. The van der Waals surface area contributed by atoms with E-state index in [2.05, 4.69) is 0 Å². The monoisotopic (exact) mass is 337 g/mol. The molecule has 3 rings (SSSR count). The summed E-state index contributed by atoms with van der Waals surface area (Å²) in [5.74, 6) is 1.18. The fourth-order valence-electron chi connectivity index (χ4n) is 2.28. The molecule has 0 bridgehead atoms. The second-order valence-electron chi connectivity index (χ2n) is 4.95. The van der Waals surface area contributed by atoms with E-state index in [0.29, 0.717) is 33.7 Å². The summed E-state index contributed by atoms with van der Waals surface area (Å²) >= 11 is 12.2. The van der Waals surface area contributed by atoms with Gasteiger partial charge in [0.1, 0.15) is 0 Å². The van der Waals surface area contributed by atoms with Gasteiger partial charge in [-0.2, -0.15) is 0 Å². The molecule has 0 spiro atoms. The summed E-state index contributed by atoms with van der Waals surface area (Å²) in [6, 6.07) is 10.6. The van der Waals surface area contributed by atoms with Gasteiger partial charge in [0.05, 0.1) is 15.6 Å². The van der Waals surface area contributed by atoms with Gasteiger partial charge in [-0.1, -0.05) is 35.3 Å². The Morgan fingerprint density at radius 2 is 1.82 bits per heavy atom. The van der Waals surface area contributed by atoms with E-state index in [1.165, 1.54) is 0 Å². The van der Waals surface area contributed by atoms with Crippen LogP contribution in [0, 0.1) is 0 Å². The van der Waals surface area contributed by atoms with E-state index in [1.54, 1.807) is 30.1 Å². The molecule has 2 aromatic carbocycles. The third kappa shape index (κ3) is 2.85. The number of rotatable bonds is 3. The Balaban J connectivity index is 1.79. The summed E-state index contributed by atoms with van der Waals surface area (Å²) < 4.78 is 10.6. The average molecular weight is 338 g/mol. The van der Waals surface area contributed by atoms with Crippen LogP contribution in [0.3, 0.4) is 0 Å². The number of ether oxygens (including phenoxy) is 2. The van der Waals surface area contributed by atoms with Crippen LogP contribution < -0.4 is 9.47 Å². The number of fused-ring (bicyclic) bond motifs is 1. The highest BCUT2D eigenvalue weighted by atomic mass is 35.5. The standard InChI is InChI=1S/C16H13Cl2NO3/c1-19(16(20)15-11(17)3-2-4-12(15)18)8-10-5-6-13-14(7-10)22-9-21-13/h2-7H,8-9H2,1H3. The van der Waals surface area contributed by atoms with Crippen molar-refractivity contribution in [3.63, 3.8) is 0 Å². The number of amides is 1. The second kappa shape index (κ2) is 6.07. The third-order valence-corrected chi connectivity index (χ3v) is 4.01. The Morgan fingerprint density at radius 3 is 2.55 bits per heavy atom. The highest BCUT2D eigenvalue weighted by Crippen LogP contribution is 2.33. The molecule has 1 amide bonds. The number of nitrogens with zero attached hydrogens (tertiary/aromatic N) is 1. The van der Waals surface area contributed by atoms with Gasteiger partial charge < -0.3 is 14.4 Å². The summed E-state index contributed by atoms with van der Waals surface area (Å²) in [4.78, 5) is 14.1. The number of hydrogen-bond donors (Lipinski definition) is 0. The molecule has 0 aromatic heterocycles. The molecule has 0 N–H and O–H groups in total. The largest absolute Gasteiger partial charge is 0.454 e. The molecule has 1 heterocycles. The predicted molar refractivity (Wildman–Crippen MR) is 84.8 cm³/mol. The highest BCUT2D eigenvalue weighted by Gasteiger charge is 2.20. The van der Waals surface area contributed by atoms with E-state index in [0.717, 1.165) is 5.56 Å². The summed E-state index contributed by atoms with van der Waals surface area (Å²) in [7, 11) is 1.70. The normalized spacial score (nSPS) is 12.3. The van der Waals surface area contributed by atoms with Gasteiger partial charge in [0.25, 0.3) is 5.91 Å². The zero-order valence-corrected chi connectivity index (χ0v) is 13.3. The lowest BCUT2D eigenvalue weighted by atomic mass is 10.1. The van der Waals surface area contributed by atoms with Gasteiger partial charge in [-0.15, -0.1) is 0 Å². The van der Waals surface area contributed by atoms with Crippen LogP contribution in [0.5, 0.6) is 11.5 Å². The zero-order chi connectivity index (χ0) is 15.7. The van der Waals surface area contributed by atoms with Crippen LogP contribution in [-0.2, 0) is 6.54 Å². The number of hydrogen-bond acceptors (Lipinski definition) is 3. The van der Waals surface area contributed by atoms with Crippen molar-refractivity contribution in [3.05, 3.63) is 57.6 Å². The summed E-state index contributed by atoms with van der Waals surface area (Å²) in [5, 5.41) is 0.685. The van der Waals surface area contributed by atoms with Crippen molar-refractivity contribution >= 4 is 29.1 Å². The number of carbonyl (C=O) groups is 1. The molecule has 0 saturated heterocycles. The smallest absolute Gasteiger partial charge is 0.256 e. The molecule has 0 saturated carbocycles. The molecule has 6 heteroatoms. The predicted octanol–water partition coefficient (Wildman–Crippen LogP) is 3.99. The van der Waals surface area contributed by atoms with E-state index in [4.69, 9.17) is 32.7 Å². The number of benzene rings is 2. The molecular weight excluding hydrogens is 325 g/mol. The lowest BCUT2D eigenvalue weighted by Gasteiger charge is -2.19. The first-order valence-corrected chi connectivity index (χ1v) is 7.40. The lowest BCUT2D eigenvalue weighted by molar-refractivity contribution is 0.0785. The van der Waals surface area contributed by atoms with Gasteiger partial charge in [-0.3, -0.25) is 4.79 Å². The Bertz CT molecular complexity index is 713. The maximum absolute atomic E-state index is 12.5. The van der Waals surface area contributed by atoms with Crippen molar-refractivity contribution in [3.8, 4) is 11.5 Å². The minimum absolute atomic E-state index is 0.225. The van der Waals surface area contributed by atoms with E-state index in [-0.39, 0.29) is 12.7 Å². The second-order valence-corrected chi connectivity index (χ2v) is 5.76. The number of halogens is 2. The van der Waals surface area contributed by atoms with Crippen LogP contribution in [0.2, 0.25) is 10.0 Å². The molecule has 22 heavy (non-hydrogen) atoms. The van der Waals surface area contributed by atoms with E-state index >= 15 is 0 Å². The molecule has 0 fully saturated rings. The quantitative estimate of drug-likeness (QED) is 0.849. The molecule has 0 radical (unpaired) electrons. The van der Waals surface area contributed by atoms with Crippen LogP contribution in [0.25, 0.3) is 0 Å². The maximum Gasteiger partial charge on any atom is 0.256 e.